The minimum absolute atomic E-state index is 0.0266. The number of carbonyl (C=O) groups excluding carboxylic acids is 1. The van der Waals surface area contributed by atoms with Gasteiger partial charge in [-0.15, -0.1) is 0 Å². The lowest BCUT2D eigenvalue weighted by Crippen LogP contribution is -2.43. The first-order valence-corrected chi connectivity index (χ1v) is 6.03. The molecule has 0 aromatic heterocycles. The molecule has 0 aromatic rings. The van der Waals surface area contributed by atoms with Crippen LogP contribution in [0.15, 0.2) is 0 Å². The summed E-state index contributed by atoms with van der Waals surface area (Å²) in [5.74, 6) is 1.18. The van der Waals surface area contributed by atoms with Crippen LogP contribution in [0.1, 0.15) is 33.1 Å². The molecule has 0 radical (unpaired) electrons. The van der Waals surface area contributed by atoms with Gasteiger partial charge in [0.25, 0.3) is 0 Å². The van der Waals surface area contributed by atoms with Gasteiger partial charge in [-0.2, -0.15) is 11.8 Å². The molecule has 3 heteroatoms. The molecule has 2 heterocycles. The minimum atomic E-state index is -0.210. The zero-order valence-corrected chi connectivity index (χ0v) is 9.02. The molecule has 0 N–H and O–H groups in total. The Kier molecular flexibility index (Phi) is 2.30. The van der Waals surface area contributed by atoms with Gasteiger partial charge in [0.2, 0.25) is 0 Å². The molecule has 2 aliphatic heterocycles. The summed E-state index contributed by atoms with van der Waals surface area (Å²) in [7, 11) is 0. The van der Waals surface area contributed by atoms with Crippen LogP contribution in [0.4, 0.5) is 0 Å². The molecular weight excluding hydrogens is 184 g/mol. The van der Waals surface area contributed by atoms with Crippen LogP contribution >= 0.6 is 11.8 Å². The number of carbonyl (C=O) groups is 1. The lowest BCUT2D eigenvalue weighted by Gasteiger charge is -2.37. The van der Waals surface area contributed by atoms with E-state index in [1.165, 1.54) is 0 Å². The summed E-state index contributed by atoms with van der Waals surface area (Å²) in [6, 6.07) is 0. The second-order valence-electron chi connectivity index (χ2n) is 4.26. The zero-order valence-electron chi connectivity index (χ0n) is 8.21. The van der Waals surface area contributed by atoms with Crippen molar-refractivity contribution in [2.45, 2.75) is 44.5 Å². The van der Waals surface area contributed by atoms with Crippen LogP contribution in [0.5, 0.6) is 0 Å². The maximum absolute atomic E-state index is 11.7. The molecule has 0 aliphatic carbocycles. The number of ether oxygens (including phenoxy) is 1. The summed E-state index contributed by atoms with van der Waals surface area (Å²) in [5, 5.41) is 0.572. The number of hydrogen-bond donors (Lipinski definition) is 0. The Morgan fingerprint density at radius 3 is 3.15 bits per heavy atom. The van der Waals surface area contributed by atoms with Gasteiger partial charge in [-0.25, -0.2) is 0 Å². The van der Waals surface area contributed by atoms with Crippen LogP contribution in [-0.4, -0.2) is 23.1 Å². The van der Waals surface area contributed by atoms with Crippen molar-refractivity contribution in [3.8, 4) is 0 Å². The van der Waals surface area contributed by atoms with E-state index in [0.29, 0.717) is 5.25 Å². The van der Waals surface area contributed by atoms with Gasteiger partial charge in [0, 0.05) is 5.25 Å². The maximum Gasteiger partial charge on any atom is 0.312 e. The summed E-state index contributed by atoms with van der Waals surface area (Å²) in [4.78, 5) is 11.7. The number of fused-ring (bicyclic) bond motifs is 1. The monoisotopic (exact) mass is 200 g/mol. The van der Waals surface area contributed by atoms with Gasteiger partial charge in [0.1, 0.15) is 6.10 Å². The van der Waals surface area contributed by atoms with E-state index >= 15 is 0 Å². The molecule has 0 bridgehead atoms. The highest BCUT2D eigenvalue weighted by Crippen LogP contribution is 2.44. The van der Waals surface area contributed by atoms with Crippen molar-refractivity contribution < 1.29 is 9.53 Å². The molecule has 3 unspecified atom stereocenters. The molecule has 0 amide bonds. The third-order valence-corrected chi connectivity index (χ3v) is 4.70. The molecule has 0 saturated carbocycles. The average Bonchev–Trinajstić information content (AvgIpc) is 2.52. The Bertz CT molecular complexity index is 229. The van der Waals surface area contributed by atoms with Gasteiger partial charge in [-0.3, -0.25) is 4.79 Å². The molecule has 2 rings (SSSR count). The topological polar surface area (TPSA) is 26.3 Å². The zero-order chi connectivity index (χ0) is 9.47. The van der Waals surface area contributed by atoms with Gasteiger partial charge < -0.3 is 4.74 Å². The van der Waals surface area contributed by atoms with Crippen LogP contribution in [-0.2, 0) is 9.53 Å². The van der Waals surface area contributed by atoms with Crippen LogP contribution < -0.4 is 0 Å². The van der Waals surface area contributed by atoms with Crippen LogP contribution in [0.3, 0.4) is 0 Å². The smallest absolute Gasteiger partial charge is 0.312 e. The van der Waals surface area contributed by atoms with Gasteiger partial charge in [-0.05, 0) is 31.9 Å². The first kappa shape index (κ1) is 9.38. The number of esters is 1. The first-order chi connectivity index (χ1) is 6.15. The fourth-order valence-electron chi connectivity index (χ4n) is 2.05. The highest BCUT2D eigenvalue weighted by atomic mass is 32.2. The summed E-state index contributed by atoms with van der Waals surface area (Å²) < 4.78 is 5.46. The fraction of sp³-hybridized carbons (Fsp3) is 0.900. The standard InChI is InChI=1S/C10H16O2S/c1-3-10(2)6-8-7(4-5-13-8)12-9(10)11/h7-8H,3-6H2,1-2H3. The van der Waals surface area contributed by atoms with Crippen molar-refractivity contribution >= 4 is 17.7 Å². The van der Waals surface area contributed by atoms with E-state index in [0.717, 1.165) is 25.0 Å². The molecule has 2 nitrogen and oxygen atoms in total. The Balaban J connectivity index is 2.14. The van der Waals surface area contributed by atoms with E-state index in [4.69, 9.17) is 4.74 Å². The fourth-order valence-corrected chi connectivity index (χ4v) is 3.61. The number of hydrogen-bond acceptors (Lipinski definition) is 3. The Labute approximate surface area is 83.4 Å². The summed E-state index contributed by atoms with van der Waals surface area (Å²) in [6.07, 6.45) is 3.19. The van der Waals surface area contributed by atoms with Crippen molar-refractivity contribution in [2.75, 3.05) is 5.75 Å². The van der Waals surface area contributed by atoms with Crippen molar-refractivity contribution in [3.05, 3.63) is 0 Å². The van der Waals surface area contributed by atoms with Gasteiger partial charge in [0.15, 0.2) is 0 Å². The molecule has 74 valence electrons. The molecule has 2 aliphatic rings. The van der Waals surface area contributed by atoms with E-state index in [1.54, 1.807) is 0 Å². The van der Waals surface area contributed by atoms with E-state index < -0.39 is 0 Å². The van der Waals surface area contributed by atoms with Crippen LogP contribution in [0, 0.1) is 5.41 Å². The second kappa shape index (κ2) is 3.19. The van der Waals surface area contributed by atoms with E-state index in [1.807, 2.05) is 18.7 Å². The molecule has 0 aromatic carbocycles. The molecule has 3 atom stereocenters. The van der Waals surface area contributed by atoms with E-state index in [2.05, 4.69) is 6.92 Å². The Morgan fingerprint density at radius 2 is 2.46 bits per heavy atom. The second-order valence-corrected chi connectivity index (χ2v) is 5.61. The van der Waals surface area contributed by atoms with Gasteiger partial charge >= 0.3 is 5.97 Å². The SMILES string of the molecule is CCC1(C)CC2SCCC2OC1=O. The summed E-state index contributed by atoms with van der Waals surface area (Å²) in [5.41, 5.74) is -0.210. The van der Waals surface area contributed by atoms with Gasteiger partial charge in [-0.1, -0.05) is 6.92 Å². The number of rotatable bonds is 1. The molecule has 13 heavy (non-hydrogen) atoms. The minimum Gasteiger partial charge on any atom is -0.461 e. The van der Waals surface area contributed by atoms with Crippen molar-refractivity contribution in [3.63, 3.8) is 0 Å². The largest absolute Gasteiger partial charge is 0.461 e. The summed E-state index contributed by atoms with van der Waals surface area (Å²) >= 11 is 1.97. The predicted molar refractivity (Wildman–Crippen MR) is 53.8 cm³/mol. The number of thioether (sulfide) groups is 1. The third-order valence-electron chi connectivity index (χ3n) is 3.33. The molecule has 2 fully saturated rings. The van der Waals surface area contributed by atoms with E-state index in [9.17, 15) is 4.79 Å². The Morgan fingerprint density at radius 1 is 1.69 bits per heavy atom. The highest BCUT2D eigenvalue weighted by molar-refractivity contribution is 8.00. The molecule has 0 spiro atoms. The van der Waals surface area contributed by atoms with Crippen molar-refractivity contribution in [1.29, 1.82) is 0 Å². The molecule has 2 saturated heterocycles. The Hall–Kier alpha value is -0.180. The van der Waals surface area contributed by atoms with Crippen molar-refractivity contribution in [1.82, 2.24) is 0 Å². The predicted octanol–water partition coefficient (Wildman–Crippen LogP) is 2.22. The van der Waals surface area contributed by atoms with Crippen molar-refractivity contribution in [2.24, 2.45) is 5.41 Å². The summed E-state index contributed by atoms with van der Waals surface area (Å²) in [6.45, 7) is 4.10. The van der Waals surface area contributed by atoms with Crippen LogP contribution in [0.2, 0.25) is 0 Å². The first-order valence-electron chi connectivity index (χ1n) is 4.98. The van der Waals surface area contributed by atoms with Gasteiger partial charge in [0.05, 0.1) is 5.41 Å². The molecular formula is C10H16O2S. The highest BCUT2D eigenvalue weighted by Gasteiger charge is 2.46. The average molecular weight is 200 g/mol. The lowest BCUT2D eigenvalue weighted by atomic mass is 9.79. The van der Waals surface area contributed by atoms with Crippen LogP contribution in [0.25, 0.3) is 0 Å². The quantitative estimate of drug-likeness (QED) is 0.607. The normalized spacial score (nSPS) is 44.3. The third kappa shape index (κ3) is 1.47. The maximum atomic E-state index is 11.7. The van der Waals surface area contributed by atoms with E-state index in [-0.39, 0.29) is 17.5 Å². The lowest BCUT2D eigenvalue weighted by molar-refractivity contribution is -0.167.